The highest BCUT2D eigenvalue weighted by molar-refractivity contribution is 8.01. The van der Waals surface area contributed by atoms with E-state index in [1.165, 1.54) is 16.7 Å². The lowest BCUT2D eigenvalue weighted by Crippen LogP contribution is -2.56. The fourth-order valence-corrected chi connectivity index (χ4v) is 5.04. The minimum atomic E-state index is -1.43. The second-order valence-corrected chi connectivity index (χ2v) is 8.58. The molecular weight excluding hydrogens is 358 g/mol. The van der Waals surface area contributed by atoms with Crippen molar-refractivity contribution in [3.8, 4) is 0 Å². The molecular formula is C17H19N3O5S. The lowest BCUT2D eigenvalue weighted by molar-refractivity contribution is -0.144. The number of fused-ring (bicyclic) bond motifs is 3. The number of nitrogens with zero attached hydrogens (tertiary/aromatic N) is 1. The van der Waals surface area contributed by atoms with E-state index in [1.54, 1.807) is 12.1 Å². The topological polar surface area (TPSA) is 130 Å². The molecule has 0 radical (unpaired) electrons. The van der Waals surface area contributed by atoms with Gasteiger partial charge in [-0.3, -0.25) is 14.4 Å². The van der Waals surface area contributed by atoms with Gasteiger partial charge in [0, 0.05) is 10.3 Å². The zero-order valence-corrected chi connectivity index (χ0v) is 15.1. The summed E-state index contributed by atoms with van der Waals surface area (Å²) in [7, 11) is 0. The molecule has 0 bridgehead atoms. The number of carboxylic acid groups (broad SMARTS) is 1. The Bertz CT molecular complexity index is 809. The van der Waals surface area contributed by atoms with Gasteiger partial charge < -0.3 is 21.1 Å². The number of primary amides is 1. The maximum absolute atomic E-state index is 12.9. The number of benzene rings is 1. The van der Waals surface area contributed by atoms with Crippen LogP contribution < -0.4 is 11.1 Å². The standard InChI is InChI=1S/C17H19N3O5S/c1-17(2)12(13(22)19-10(16(24)25)7-11(18)21)20-14(23)8-5-3-4-6-9(8)15(20)26-17/h3-6,10,12,15H,7H2,1-2H3,(H2,18,21)(H,19,22)(H,24,25)/t10-,12+,15+/m0/s1. The monoisotopic (exact) mass is 377 g/mol. The van der Waals surface area contributed by atoms with Gasteiger partial charge in [0.15, 0.2) is 0 Å². The number of nitrogens with two attached hydrogens (primary N) is 1. The molecule has 2 aliphatic heterocycles. The Balaban J connectivity index is 1.89. The van der Waals surface area contributed by atoms with Crippen molar-refractivity contribution in [2.75, 3.05) is 0 Å². The molecule has 0 unspecified atom stereocenters. The second kappa shape index (κ2) is 6.31. The van der Waals surface area contributed by atoms with Gasteiger partial charge in [-0.05, 0) is 25.5 Å². The molecule has 2 heterocycles. The van der Waals surface area contributed by atoms with Gasteiger partial charge in [-0.25, -0.2) is 4.79 Å². The molecule has 0 saturated carbocycles. The Morgan fingerprint density at radius 2 is 2.00 bits per heavy atom. The smallest absolute Gasteiger partial charge is 0.326 e. The molecule has 1 aromatic rings. The first-order chi connectivity index (χ1) is 12.1. The molecule has 3 atom stereocenters. The van der Waals surface area contributed by atoms with Crippen LogP contribution in [-0.4, -0.2) is 50.5 Å². The van der Waals surface area contributed by atoms with E-state index in [-0.39, 0.29) is 11.3 Å². The molecule has 2 aliphatic rings. The molecule has 9 heteroatoms. The number of nitrogens with one attached hydrogen (secondary N) is 1. The van der Waals surface area contributed by atoms with Crippen LogP contribution in [0.15, 0.2) is 24.3 Å². The van der Waals surface area contributed by atoms with Crippen LogP contribution in [0, 0.1) is 0 Å². The van der Waals surface area contributed by atoms with Gasteiger partial charge in [-0.2, -0.15) is 0 Å². The van der Waals surface area contributed by atoms with E-state index in [4.69, 9.17) is 5.73 Å². The van der Waals surface area contributed by atoms with Crippen LogP contribution in [0.4, 0.5) is 0 Å². The molecule has 4 N–H and O–H groups in total. The molecule has 0 aromatic heterocycles. The molecule has 0 spiro atoms. The zero-order valence-electron chi connectivity index (χ0n) is 14.3. The summed E-state index contributed by atoms with van der Waals surface area (Å²) in [6.07, 6.45) is -0.515. The van der Waals surface area contributed by atoms with Crippen LogP contribution in [0.2, 0.25) is 0 Å². The van der Waals surface area contributed by atoms with E-state index in [2.05, 4.69) is 5.32 Å². The molecule has 3 rings (SSSR count). The van der Waals surface area contributed by atoms with Gasteiger partial charge >= 0.3 is 5.97 Å². The highest BCUT2D eigenvalue weighted by Crippen LogP contribution is 2.56. The highest BCUT2D eigenvalue weighted by atomic mass is 32.2. The van der Waals surface area contributed by atoms with Gasteiger partial charge in [0.25, 0.3) is 5.91 Å². The predicted molar refractivity (Wildman–Crippen MR) is 94.2 cm³/mol. The third-order valence-electron chi connectivity index (χ3n) is 4.56. The average Bonchev–Trinajstić information content (AvgIpc) is 2.97. The maximum Gasteiger partial charge on any atom is 0.326 e. The van der Waals surface area contributed by atoms with Crippen LogP contribution in [0.25, 0.3) is 0 Å². The number of carboxylic acids is 1. The Kier molecular flexibility index (Phi) is 4.43. The van der Waals surface area contributed by atoms with Crippen molar-refractivity contribution in [3.63, 3.8) is 0 Å². The van der Waals surface area contributed by atoms with Crippen molar-refractivity contribution in [1.29, 1.82) is 0 Å². The summed E-state index contributed by atoms with van der Waals surface area (Å²) in [6, 6.07) is 4.87. The number of carbonyl (C=O) groups excluding carboxylic acids is 3. The molecule has 8 nitrogen and oxygen atoms in total. The third kappa shape index (κ3) is 2.92. The summed E-state index contributed by atoms with van der Waals surface area (Å²) < 4.78 is -0.631. The molecule has 26 heavy (non-hydrogen) atoms. The van der Waals surface area contributed by atoms with Crippen LogP contribution in [0.5, 0.6) is 0 Å². The van der Waals surface area contributed by atoms with E-state index in [0.29, 0.717) is 5.56 Å². The number of amides is 3. The summed E-state index contributed by atoms with van der Waals surface area (Å²) in [5.41, 5.74) is 6.45. The lowest BCUT2D eigenvalue weighted by Gasteiger charge is -2.30. The molecule has 1 fully saturated rings. The van der Waals surface area contributed by atoms with Crippen LogP contribution >= 0.6 is 11.8 Å². The zero-order chi connectivity index (χ0) is 19.2. The van der Waals surface area contributed by atoms with Gasteiger partial charge in [0.1, 0.15) is 17.5 Å². The summed E-state index contributed by atoms with van der Waals surface area (Å²) in [5, 5.41) is 11.3. The van der Waals surface area contributed by atoms with Crippen LogP contribution in [-0.2, 0) is 14.4 Å². The van der Waals surface area contributed by atoms with Crippen molar-refractivity contribution >= 4 is 35.5 Å². The van der Waals surface area contributed by atoms with Gasteiger partial charge in [-0.15, -0.1) is 11.8 Å². The first-order valence-electron chi connectivity index (χ1n) is 8.04. The number of aliphatic carboxylic acids is 1. The number of rotatable bonds is 5. The Labute approximate surface area is 154 Å². The number of carbonyl (C=O) groups is 4. The summed E-state index contributed by atoms with van der Waals surface area (Å²) in [5.74, 6) is -3.06. The van der Waals surface area contributed by atoms with Crippen LogP contribution in [0.3, 0.4) is 0 Å². The largest absolute Gasteiger partial charge is 0.480 e. The average molecular weight is 377 g/mol. The van der Waals surface area contributed by atoms with E-state index in [9.17, 15) is 24.3 Å². The van der Waals surface area contributed by atoms with Crippen molar-refractivity contribution in [1.82, 2.24) is 10.2 Å². The number of hydrogen-bond acceptors (Lipinski definition) is 5. The third-order valence-corrected chi connectivity index (χ3v) is 6.10. The van der Waals surface area contributed by atoms with Crippen molar-refractivity contribution in [2.45, 2.75) is 42.5 Å². The van der Waals surface area contributed by atoms with Crippen molar-refractivity contribution < 1.29 is 24.3 Å². The van der Waals surface area contributed by atoms with Gasteiger partial charge in [0.05, 0.1) is 6.42 Å². The van der Waals surface area contributed by atoms with Gasteiger partial charge in [-0.1, -0.05) is 18.2 Å². The lowest BCUT2D eigenvalue weighted by atomic mass is 10.00. The minimum Gasteiger partial charge on any atom is -0.480 e. The Hall–Kier alpha value is -2.55. The predicted octanol–water partition coefficient (Wildman–Crippen LogP) is 0.480. The molecule has 3 amide bonds. The maximum atomic E-state index is 12.9. The number of hydrogen-bond donors (Lipinski definition) is 3. The summed E-state index contributed by atoms with van der Waals surface area (Å²) in [6.45, 7) is 3.67. The van der Waals surface area contributed by atoms with E-state index >= 15 is 0 Å². The van der Waals surface area contributed by atoms with E-state index in [1.807, 2.05) is 26.0 Å². The minimum absolute atomic E-state index is 0.259. The molecule has 0 aliphatic carbocycles. The van der Waals surface area contributed by atoms with Crippen molar-refractivity contribution in [2.24, 2.45) is 5.73 Å². The first kappa shape index (κ1) is 18.2. The summed E-state index contributed by atoms with van der Waals surface area (Å²) >= 11 is 1.48. The second-order valence-electron chi connectivity index (χ2n) is 6.85. The normalized spacial score (nSPS) is 23.9. The van der Waals surface area contributed by atoms with E-state index < -0.39 is 41.0 Å². The fourth-order valence-electron chi connectivity index (χ4n) is 3.46. The highest BCUT2D eigenvalue weighted by Gasteiger charge is 2.57. The Morgan fingerprint density at radius 1 is 1.35 bits per heavy atom. The molecule has 1 saturated heterocycles. The Morgan fingerprint density at radius 3 is 2.62 bits per heavy atom. The molecule has 1 aromatic carbocycles. The quantitative estimate of drug-likeness (QED) is 0.684. The SMILES string of the molecule is CC1(C)S[C@@H]2c3ccccc3C(=O)N2[C@@H]1C(=O)N[C@@H](CC(N)=O)C(=O)O. The fraction of sp³-hybridized carbons (Fsp3) is 0.412. The molecule has 138 valence electrons. The van der Waals surface area contributed by atoms with E-state index in [0.717, 1.165) is 5.56 Å². The number of thioether (sulfide) groups is 1. The van der Waals surface area contributed by atoms with Crippen molar-refractivity contribution in [3.05, 3.63) is 35.4 Å². The van der Waals surface area contributed by atoms with Crippen LogP contribution in [0.1, 0.15) is 41.6 Å². The van der Waals surface area contributed by atoms with Gasteiger partial charge in [0.2, 0.25) is 11.8 Å². The first-order valence-corrected chi connectivity index (χ1v) is 8.92. The summed E-state index contributed by atoms with van der Waals surface area (Å²) in [4.78, 5) is 49.6.